The topological polar surface area (TPSA) is 198 Å². The second kappa shape index (κ2) is 9.32. The normalized spacial score (nSPS) is 47.8. The van der Waals surface area contributed by atoms with E-state index in [0.29, 0.717) is 0 Å². The molecule has 140 valence electrons. The van der Waals surface area contributed by atoms with Crippen LogP contribution >= 0.6 is 0 Å². The molecule has 0 aromatic rings. The summed E-state index contributed by atoms with van der Waals surface area (Å²) < 4.78 is 9.77. The Morgan fingerprint density at radius 2 is 1.24 bits per heavy atom. The van der Waals surface area contributed by atoms with Crippen LogP contribution in [0.4, 0.5) is 0 Å². The van der Waals surface area contributed by atoms with Gasteiger partial charge in [-0.15, -0.1) is 0 Å². The van der Waals surface area contributed by atoms with E-state index in [1.807, 2.05) is 0 Å². The van der Waals surface area contributed by atoms with Crippen molar-refractivity contribution >= 4 is 5.97 Å². The minimum atomic E-state index is -2.00. The first kappa shape index (κ1) is 23.1. The van der Waals surface area contributed by atoms with Crippen LogP contribution in [-0.2, 0) is 24.0 Å². The molecule has 0 saturated carbocycles. The molecule has 0 bridgehead atoms. The Hall–Kier alpha value is 0.0700. The van der Waals surface area contributed by atoms with Gasteiger partial charge in [0.1, 0.15) is 42.7 Å². The number of ether oxygens (including phenoxy) is 2. The molecular weight excluding hydrogens is 359 g/mol. The zero-order valence-corrected chi connectivity index (χ0v) is 15.4. The van der Waals surface area contributed by atoms with E-state index in [4.69, 9.17) is 9.47 Å². The maximum atomic E-state index is 10.8. The monoisotopic (exact) mass is 378 g/mol. The summed E-state index contributed by atoms with van der Waals surface area (Å²) in [5.74, 6) is -1.86. The Kier molecular flexibility index (Phi) is 8.62. The van der Waals surface area contributed by atoms with Gasteiger partial charge >= 0.3 is 29.6 Å². The molecule has 0 unspecified atom stereocenters. The summed E-state index contributed by atoms with van der Waals surface area (Å²) in [5.41, 5.74) is 0. The van der Waals surface area contributed by atoms with Gasteiger partial charge in [0.05, 0.1) is 12.1 Å². The summed E-state index contributed by atoms with van der Waals surface area (Å²) in [7, 11) is 0. The molecule has 2 fully saturated rings. The van der Waals surface area contributed by atoms with E-state index >= 15 is 0 Å². The molecule has 0 amide bonds. The summed E-state index contributed by atoms with van der Waals surface area (Å²) in [4.78, 5) is 20.1. The molecule has 13 heteroatoms. The summed E-state index contributed by atoms with van der Waals surface area (Å²) in [6.45, 7) is 1.38. The number of carboxylic acids is 1. The smallest absolute Gasteiger partial charge is 0.547 e. The number of carboxylic acid groups (broad SMARTS) is 1. The van der Waals surface area contributed by atoms with Crippen molar-refractivity contribution in [3.8, 4) is 0 Å². The van der Waals surface area contributed by atoms with Crippen molar-refractivity contribution in [2.24, 2.45) is 0 Å². The predicted octanol–water partition coefficient (Wildman–Crippen LogP) is -8.68. The van der Waals surface area contributed by atoms with E-state index in [-0.39, 0.29) is 29.6 Å². The second-order valence-electron chi connectivity index (χ2n) is 5.59. The van der Waals surface area contributed by atoms with Gasteiger partial charge in [0.25, 0.3) is 0 Å². The largest absolute Gasteiger partial charge is 1.00 e. The van der Waals surface area contributed by atoms with Gasteiger partial charge < -0.3 is 50.0 Å². The minimum absolute atomic E-state index is 0. The maximum Gasteiger partial charge on any atom is 1.00 e. The second-order valence-corrected chi connectivity index (χ2v) is 5.59. The van der Waals surface area contributed by atoms with Gasteiger partial charge in [-0.25, -0.2) is 0 Å². The summed E-state index contributed by atoms with van der Waals surface area (Å²) >= 11 is 0. The maximum absolute atomic E-state index is 10.8. The number of hydrogen-bond donors (Lipinski definition) is 6. The molecule has 25 heavy (non-hydrogen) atoms. The van der Waals surface area contributed by atoms with E-state index in [2.05, 4.69) is 9.78 Å². The van der Waals surface area contributed by atoms with Crippen molar-refractivity contribution in [2.75, 3.05) is 0 Å². The molecular formula is C12H19NaO12. The van der Waals surface area contributed by atoms with Crippen LogP contribution in [0.3, 0.4) is 0 Å². The molecule has 0 spiro atoms. The molecule has 2 heterocycles. The van der Waals surface area contributed by atoms with Crippen LogP contribution < -0.4 is 34.7 Å². The summed E-state index contributed by atoms with van der Waals surface area (Å²) in [6, 6.07) is 0. The molecule has 12 nitrogen and oxygen atoms in total. The van der Waals surface area contributed by atoms with E-state index in [0.717, 1.165) is 0 Å². The third-order valence-electron chi connectivity index (χ3n) is 3.86. The van der Waals surface area contributed by atoms with Crippen LogP contribution in [0.25, 0.3) is 0 Å². The van der Waals surface area contributed by atoms with E-state index in [1.165, 1.54) is 6.92 Å². The Labute approximate surface area is 163 Å². The van der Waals surface area contributed by atoms with Crippen LogP contribution in [-0.4, -0.2) is 98.0 Å². The van der Waals surface area contributed by atoms with Crippen LogP contribution in [0.2, 0.25) is 0 Å². The van der Waals surface area contributed by atoms with Gasteiger partial charge in [-0.05, 0) is 6.92 Å². The third kappa shape index (κ3) is 4.87. The number of rotatable bonds is 4. The van der Waals surface area contributed by atoms with Crippen LogP contribution in [0.15, 0.2) is 0 Å². The van der Waals surface area contributed by atoms with Gasteiger partial charge in [-0.1, -0.05) is 0 Å². The fraction of sp³-hybridized carbons (Fsp3) is 0.917. The number of aliphatic hydroxyl groups is 6. The average Bonchev–Trinajstić information content (AvgIpc) is 2.54. The van der Waals surface area contributed by atoms with Gasteiger partial charge in [0.2, 0.25) is 12.6 Å². The number of hydrogen-bond acceptors (Lipinski definition) is 12. The van der Waals surface area contributed by atoms with Gasteiger partial charge in [0, 0.05) is 0 Å². The Bertz CT molecular complexity index is 452. The van der Waals surface area contributed by atoms with E-state index in [1.54, 1.807) is 0 Å². The molecule has 2 rings (SSSR count). The first-order chi connectivity index (χ1) is 11.1. The van der Waals surface area contributed by atoms with Crippen molar-refractivity contribution < 1.29 is 89.3 Å². The van der Waals surface area contributed by atoms with Gasteiger partial charge in [0.15, 0.2) is 0 Å². The molecule has 0 aromatic carbocycles. The van der Waals surface area contributed by atoms with Crippen molar-refractivity contribution in [1.82, 2.24) is 0 Å². The van der Waals surface area contributed by atoms with Crippen molar-refractivity contribution in [3.05, 3.63) is 0 Å². The van der Waals surface area contributed by atoms with Crippen LogP contribution in [0.5, 0.6) is 0 Å². The van der Waals surface area contributed by atoms with Crippen LogP contribution in [0.1, 0.15) is 6.92 Å². The predicted molar refractivity (Wildman–Crippen MR) is 66.2 cm³/mol. The molecule has 2 aliphatic rings. The van der Waals surface area contributed by atoms with Crippen molar-refractivity contribution in [2.45, 2.75) is 68.3 Å². The average molecular weight is 378 g/mol. The van der Waals surface area contributed by atoms with E-state index < -0.39 is 67.4 Å². The summed E-state index contributed by atoms with van der Waals surface area (Å²) in [6.07, 6.45) is -16.9. The van der Waals surface area contributed by atoms with Crippen LogP contribution in [0, 0.1) is 0 Å². The fourth-order valence-corrected chi connectivity index (χ4v) is 2.32. The van der Waals surface area contributed by atoms with Gasteiger partial charge in [-0.3, -0.25) is 0 Å². The van der Waals surface area contributed by atoms with Gasteiger partial charge in [-0.2, -0.15) is 9.78 Å². The quantitative estimate of drug-likeness (QED) is 0.154. The van der Waals surface area contributed by atoms with Crippen molar-refractivity contribution in [1.29, 1.82) is 0 Å². The molecule has 0 radical (unpaired) electrons. The third-order valence-corrected chi connectivity index (χ3v) is 3.86. The first-order valence-corrected chi connectivity index (χ1v) is 7.07. The van der Waals surface area contributed by atoms with Crippen molar-refractivity contribution in [3.63, 3.8) is 0 Å². The molecule has 0 aromatic heterocycles. The standard InChI is InChI=1S/C12H20O12.Na/c1-2-3(13)4(14)7(17)11(21-2)23-24-12-8(18)5(15)6(16)9(22-12)10(19)20;/h2-9,11-18H,1H3,(H,19,20);/q;+1/p-1/t2-,3-,4+,5+,6+,7-,8-,9+,11+,12+;/m1./s1. The minimum Gasteiger partial charge on any atom is -0.547 e. The Morgan fingerprint density at radius 1 is 0.800 bits per heavy atom. The number of aliphatic hydroxyl groups excluding tert-OH is 6. The number of carbonyl (C=O) groups excluding carboxylic acids is 1. The Balaban J connectivity index is 0.00000312. The zero-order chi connectivity index (χ0) is 18.2. The Morgan fingerprint density at radius 3 is 1.72 bits per heavy atom. The SMILES string of the molecule is C[C@H]1O[C@@H](OO[C@@H]2O[C@H](C(=O)[O-])[C@@H](O)[C@H](O)[C@H]2O)[C@H](O)[C@@H](O)[C@@H]1O.[Na+]. The number of carbonyl (C=O) groups is 1. The number of aliphatic carboxylic acids is 1. The molecule has 2 aliphatic heterocycles. The zero-order valence-electron chi connectivity index (χ0n) is 13.4. The molecule has 10 atom stereocenters. The fourth-order valence-electron chi connectivity index (χ4n) is 2.32. The summed E-state index contributed by atoms with van der Waals surface area (Å²) in [5, 5.41) is 68.4. The first-order valence-electron chi connectivity index (χ1n) is 7.07. The molecule has 6 N–H and O–H groups in total. The molecule has 0 aliphatic carbocycles. The van der Waals surface area contributed by atoms with E-state index in [9.17, 15) is 40.5 Å². The molecule has 2 saturated heterocycles.